The zero-order valence-electron chi connectivity index (χ0n) is 21.2. The second kappa shape index (κ2) is 10.6. The number of benzene rings is 1. The van der Waals surface area contributed by atoms with Gasteiger partial charge in [0.05, 0.1) is 12.2 Å². The van der Waals surface area contributed by atoms with E-state index >= 15 is 0 Å². The van der Waals surface area contributed by atoms with Crippen LogP contribution in [-0.2, 0) is 4.74 Å². The minimum atomic E-state index is -0.508. The van der Waals surface area contributed by atoms with Crippen LogP contribution < -0.4 is 10.2 Å². The van der Waals surface area contributed by atoms with Gasteiger partial charge >= 0.3 is 6.09 Å². The van der Waals surface area contributed by atoms with Gasteiger partial charge in [0.15, 0.2) is 5.69 Å². The number of hydrogen-bond acceptors (Lipinski definition) is 7. The SMILES string of the molecule is CN1CCCN(c2ccc(NC(=O)c3cn(C4CCN(C(=O)OC(C)(C)C)CC4)nn3)cc2)CC1. The molecule has 35 heavy (non-hydrogen) atoms. The Balaban J connectivity index is 1.29. The molecular weight excluding hydrogens is 446 g/mol. The number of nitrogens with one attached hydrogen (secondary N) is 1. The van der Waals surface area contributed by atoms with Crippen LogP contribution >= 0.6 is 0 Å². The largest absolute Gasteiger partial charge is 0.444 e. The molecule has 0 radical (unpaired) electrons. The predicted octanol–water partition coefficient (Wildman–Crippen LogP) is 3.24. The van der Waals surface area contributed by atoms with Gasteiger partial charge in [-0.1, -0.05) is 5.21 Å². The highest BCUT2D eigenvalue weighted by molar-refractivity contribution is 6.02. The molecule has 10 heteroatoms. The van der Waals surface area contributed by atoms with Gasteiger partial charge in [0.2, 0.25) is 0 Å². The van der Waals surface area contributed by atoms with Crippen molar-refractivity contribution in [2.45, 2.75) is 51.7 Å². The van der Waals surface area contributed by atoms with Crippen LogP contribution in [0.2, 0.25) is 0 Å². The number of ether oxygens (including phenoxy) is 1. The monoisotopic (exact) mass is 483 g/mol. The second-order valence-electron chi connectivity index (χ2n) is 10.4. The standard InChI is InChI=1S/C25H37N7O3/c1-25(2,3)35-24(34)31-14-10-21(11-15-31)32-18-22(27-28-32)23(33)26-19-6-8-20(9-7-19)30-13-5-12-29(4)16-17-30/h6-9,18,21H,5,10-17H2,1-4H3,(H,26,33). The lowest BCUT2D eigenvalue weighted by atomic mass is 10.1. The number of rotatable bonds is 4. The molecule has 2 saturated heterocycles. The number of anilines is 2. The number of piperidine rings is 1. The molecule has 2 aromatic rings. The van der Waals surface area contributed by atoms with Crippen molar-refractivity contribution >= 4 is 23.4 Å². The Kier molecular flexibility index (Phi) is 7.59. The van der Waals surface area contributed by atoms with Crippen LogP contribution in [0.1, 0.15) is 56.6 Å². The molecule has 10 nitrogen and oxygen atoms in total. The van der Waals surface area contributed by atoms with E-state index in [9.17, 15) is 9.59 Å². The molecule has 1 N–H and O–H groups in total. The normalized spacial score (nSPS) is 18.3. The van der Waals surface area contributed by atoms with E-state index in [1.807, 2.05) is 32.9 Å². The van der Waals surface area contributed by atoms with Crippen molar-refractivity contribution in [3.63, 3.8) is 0 Å². The van der Waals surface area contributed by atoms with Gasteiger partial charge in [-0.25, -0.2) is 9.48 Å². The zero-order chi connectivity index (χ0) is 25.0. The molecule has 1 aromatic carbocycles. The summed E-state index contributed by atoms with van der Waals surface area (Å²) < 4.78 is 7.19. The lowest BCUT2D eigenvalue weighted by molar-refractivity contribution is 0.0184. The van der Waals surface area contributed by atoms with E-state index < -0.39 is 5.60 Å². The molecule has 190 valence electrons. The lowest BCUT2D eigenvalue weighted by Gasteiger charge is -2.33. The molecule has 0 atom stereocenters. The highest BCUT2D eigenvalue weighted by Crippen LogP contribution is 2.24. The molecule has 0 spiro atoms. The summed E-state index contributed by atoms with van der Waals surface area (Å²) in [6.07, 6.45) is 4.01. The predicted molar refractivity (Wildman–Crippen MR) is 135 cm³/mol. The molecule has 0 unspecified atom stereocenters. The third-order valence-corrected chi connectivity index (χ3v) is 6.44. The van der Waals surface area contributed by atoms with Crippen LogP contribution in [0.25, 0.3) is 0 Å². The maximum Gasteiger partial charge on any atom is 0.410 e. The van der Waals surface area contributed by atoms with Crippen molar-refractivity contribution in [3.05, 3.63) is 36.2 Å². The van der Waals surface area contributed by atoms with Gasteiger partial charge in [-0.15, -0.1) is 5.10 Å². The average molecular weight is 484 g/mol. The first kappa shape index (κ1) is 25.0. The zero-order valence-corrected chi connectivity index (χ0v) is 21.2. The fourth-order valence-electron chi connectivity index (χ4n) is 4.45. The molecule has 1 aromatic heterocycles. The van der Waals surface area contributed by atoms with E-state index in [0.29, 0.717) is 13.1 Å². The second-order valence-corrected chi connectivity index (χ2v) is 10.4. The Hall–Kier alpha value is -3.14. The van der Waals surface area contributed by atoms with Crippen LogP contribution in [-0.4, -0.2) is 88.7 Å². The van der Waals surface area contributed by atoms with Crippen molar-refractivity contribution in [2.24, 2.45) is 0 Å². The molecule has 4 rings (SSSR count). The van der Waals surface area contributed by atoms with E-state index in [1.54, 1.807) is 15.8 Å². The first-order valence-electron chi connectivity index (χ1n) is 12.4. The Morgan fingerprint density at radius 2 is 1.71 bits per heavy atom. The van der Waals surface area contributed by atoms with Gasteiger partial charge in [0.1, 0.15) is 5.60 Å². The summed E-state index contributed by atoms with van der Waals surface area (Å²) in [5.41, 5.74) is 1.67. The van der Waals surface area contributed by atoms with Crippen molar-refractivity contribution in [3.8, 4) is 0 Å². The minimum Gasteiger partial charge on any atom is -0.444 e. The highest BCUT2D eigenvalue weighted by atomic mass is 16.6. The van der Waals surface area contributed by atoms with Gasteiger partial charge in [-0.05, 0) is 77.9 Å². The van der Waals surface area contributed by atoms with Gasteiger partial charge < -0.3 is 24.8 Å². The summed E-state index contributed by atoms with van der Waals surface area (Å²) in [5.74, 6) is -0.286. The average Bonchev–Trinajstić information content (AvgIpc) is 3.22. The summed E-state index contributed by atoms with van der Waals surface area (Å²) in [7, 11) is 2.16. The Labute approximate surface area is 207 Å². The lowest BCUT2D eigenvalue weighted by Crippen LogP contribution is -2.42. The summed E-state index contributed by atoms with van der Waals surface area (Å²) in [6, 6.07) is 8.05. The molecule has 2 amide bonds. The summed E-state index contributed by atoms with van der Waals surface area (Å²) in [4.78, 5) is 31.5. The number of carbonyl (C=O) groups is 2. The van der Waals surface area contributed by atoms with Gasteiger partial charge in [-0.3, -0.25) is 4.79 Å². The first-order chi connectivity index (χ1) is 16.7. The Bertz CT molecular complexity index is 1010. The molecule has 0 bridgehead atoms. The van der Waals surface area contributed by atoms with Crippen LogP contribution in [0.4, 0.5) is 16.2 Å². The number of likely N-dealkylation sites (tertiary alicyclic amines) is 1. The van der Waals surface area contributed by atoms with Crippen LogP contribution in [0, 0.1) is 0 Å². The molecule has 0 aliphatic carbocycles. The maximum absolute atomic E-state index is 12.7. The summed E-state index contributed by atoms with van der Waals surface area (Å²) in [6.45, 7) is 11.0. The fraction of sp³-hybridized carbons (Fsp3) is 0.600. The highest BCUT2D eigenvalue weighted by Gasteiger charge is 2.28. The molecular formula is C25H37N7O3. The van der Waals surface area contributed by atoms with Crippen molar-refractivity contribution in [2.75, 3.05) is 56.5 Å². The third-order valence-electron chi connectivity index (χ3n) is 6.44. The molecule has 3 heterocycles. The van der Waals surface area contributed by atoms with E-state index in [0.717, 1.165) is 51.1 Å². The van der Waals surface area contributed by atoms with Crippen molar-refractivity contribution < 1.29 is 14.3 Å². The van der Waals surface area contributed by atoms with E-state index in [-0.39, 0.29) is 23.7 Å². The molecule has 0 saturated carbocycles. The van der Waals surface area contributed by atoms with Crippen LogP contribution in [0.15, 0.2) is 30.5 Å². The van der Waals surface area contributed by atoms with Gasteiger partial charge in [0.25, 0.3) is 5.91 Å². The number of nitrogens with zero attached hydrogens (tertiary/aromatic N) is 6. The molecule has 2 aliphatic rings. The van der Waals surface area contributed by atoms with Crippen molar-refractivity contribution in [1.29, 1.82) is 0 Å². The van der Waals surface area contributed by atoms with Crippen LogP contribution in [0.3, 0.4) is 0 Å². The summed E-state index contributed by atoms with van der Waals surface area (Å²) >= 11 is 0. The number of amides is 2. The fourth-order valence-corrected chi connectivity index (χ4v) is 4.45. The smallest absolute Gasteiger partial charge is 0.410 e. The first-order valence-corrected chi connectivity index (χ1v) is 12.4. The molecule has 2 fully saturated rings. The van der Waals surface area contributed by atoms with Crippen LogP contribution in [0.5, 0.6) is 0 Å². The van der Waals surface area contributed by atoms with E-state index in [4.69, 9.17) is 4.74 Å². The van der Waals surface area contributed by atoms with E-state index in [1.165, 1.54) is 5.69 Å². The maximum atomic E-state index is 12.7. The quantitative estimate of drug-likeness (QED) is 0.713. The van der Waals surface area contributed by atoms with E-state index in [2.05, 4.69) is 44.6 Å². The molecule has 2 aliphatic heterocycles. The Morgan fingerprint density at radius 1 is 1.00 bits per heavy atom. The van der Waals surface area contributed by atoms with Crippen molar-refractivity contribution in [1.82, 2.24) is 24.8 Å². The number of likely N-dealkylation sites (N-methyl/N-ethyl adjacent to an activating group) is 1. The number of carbonyl (C=O) groups excluding carboxylic acids is 2. The van der Waals surface area contributed by atoms with Gasteiger partial charge in [-0.2, -0.15) is 0 Å². The Morgan fingerprint density at radius 3 is 2.40 bits per heavy atom. The summed E-state index contributed by atoms with van der Waals surface area (Å²) in [5, 5.41) is 11.2. The number of aromatic nitrogens is 3. The minimum absolute atomic E-state index is 0.0923. The topological polar surface area (TPSA) is 95.8 Å². The third kappa shape index (κ3) is 6.72. The van der Waals surface area contributed by atoms with Gasteiger partial charge in [0, 0.05) is 44.1 Å². The number of hydrogen-bond donors (Lipinski definition) is 1.